The number of hydrogen-bond acceptors (Lipinski definition) is 2. The van der Waals surface area contributed by atoms with E-state index >= 15 is 0 Å². The van der Waals surface area contributed by atoms with Gasteiger partial charge in [0.1, 0.15) is 0 Å². The summed E-state index contributed by atoms with van der Waals surface area (Å²) in [5.74, 6) is 0. The van der Waals surface area contributed by atoms with Crippen LogP contribution >= 0.6 is 0 Å². The maximum atomic E-state index is 4.41. The molecule has 0 bridgehead atoms. The van der Waals surface area contributed by atoms with Gasteiger partial charge in [-0.1, -0.05) is 31.0 Å². The molecule has 1 aliphatic rings. The molecule has 94 valence electrons. The summed E-state index contributed by atoms with van der Waals surface area (Å²) in [7, 11) is 0. The Kier molecular flexibility index (Phi) is 3.04. The van der Waals surface area contributed by atoms with E-state index in [0.29, 0.717) is 5.54 Å². The summed E-state index contributed by atoms with van der Waals surface area (Å²) < 4.78 is 0. The summed E-state index contributed by atoms with van der Waals surface area (Å²) in [6.07, 6.45) is 7.24. The molecule has 1 aromatic carbocycles. The normalized spacial score (nSPS) is 18.3. The van der Waals surface area contributed by atoms with Gasteiger partial charge in [0.05, 0.1) is 5.52 Å². The Morgan fingerprint density at radius 1 is 1.17 bits per heavy atom. The molecule has 1 heterocycles. The topological polar surface area (TPSA) is 24.9 Å². The first-order valence-corrected chi connectivity index (χ1v) is 6.85. The van der Waals surface area contributed by atoms with E-state index in [1.54, 1.807) is 0 Å². The van der Waals surface area contributed by atoms with Gasteiger partial charge in [-0.25, -0.2) is 0 Å². The van der Waals surface area contributed by atoms with Gasteiger partial charge in [-0.15, -0.1) is 0 Å². The van der Waals surface area contributed by atoms with Gasteiger partial charge in [0.25, 0.3) is 0 Å². The van der Waals surface area contributed by atoms with E-state index in [2.05, 4.69) is 41.5 Å². The predicted molar refractivity (Wildman–Crippen MR) is 75.5 cm³/mol. The van der Waals surface area contributed by atoms with Crippen molar-refractivity contribution in [1.82, 2.24) is 10.3 Å². The number of aromatic nitrogens is 1. The van der Waals surface area contributed by atoms with Crippen molar-refractivity contribution in [3.05, 3.63) is 42.1 Å². The van der Waals surface area contributed by atoms with Gasteiger partial charge in [0, 0.05) is 23.7 Å². The van der Waals surface area contributed by atoms with E-state index < -0.39 is 0 Å². The fourth-order valence-electron chi connectivity index (χ4n) is 2.95. The van der Waals surface area contributed by atoms with Crippen LogP contribution in [0.1, 0.15) is 38.2 Å². The third kappa shape index (κ3) is 2.25. The standard InChI is InChI=1S/C16H20N2/c1-16(9-4-5-10-16)18-12-13-8-11-17-15-7-3-2-6-14(13)15/h2-3,6-8,11,18H,4-5,9-10,12H2,1H3. The minimum atomic E-state index is 0.338. The average Bonchev–Trinajstić information content (AvgIpc) is 2.84. The Hall–Kier alpha value is -1.41. The zero-order valence-electron chi connectivity index (χ0n) is 10.9. The second-order valence-electron chi connectivity index (χ2n) is 5.61. The molecule has 2 heteroatoms. The largest absolute Gasteiger partial charge is 0.307 e. The van der Waals surface area contributed by atoms with E-state index in [-0.39, 0.29) is 0 Å². The number of benzene rings is 1. The number of fused-ring (bicyclic) bond motifs is 1. The molecule has 0 aliphatic heterocycles. The molecule has 1 N–H and O–H groups in total. The molecule has 2 aromatic rings. The van der Waals surface area contributed by atoms with Gasteiger partial charge in [-0.3, -0.25) is 4.98 Å². The summed E-state index contributed by atoms with van der Waals surface area (Å²) >= 11 is 0. The monoisotopic (exact) mass is 240 g/mol. The number of rotatable bonds is 3. The molecule has 2 nitrogen and oxygen atoms in total. The van der Waals surface area contributed by atoms with Crippen LogP contribution in [0.3, 0.4) is 0 Å². The van der Waals surface area contributed by atoms with Crippen LogP contribution in [-0.2, 0) is 6.54 Å². The van der Waals surface area contributed by atoms with Crippen molar-refractivity contribution in [2.24, 2.45) is 0 Å². The van der Waals surface area contributed by atoms with Gasteiger partial charge in [-0.05, 0) is 37.5 Å². The van der Waals surface area contributed by atoms with E-state index in [1.807, 2.05) is 12.3 Å². The molecule has 1 aliphatic carbocycles. The summed E-state index contributed by atoms with van der Waals surface area (Å²) in [6.45, 7) is 3.29. The van der Waals surface area contributed by atoms with Crippen molar-refractivity contribution < 1.29 is 0 Å². The Morgan fingerprint density at radius 2 is 1.94 bits per heavy atom. The Labute approximate surface area is 108 Å². The van der Waals surface area contributed by atoms with Crippen LogP contribution in [0, 0.1) is 0 Å². The second-order valence-corrected chi connectivity index (χ2v) is 5.61. The lowest BCUT2D eigenvalue weighted by molar-refractivity contribution is 0.363. The van der Waals surface area contributed by atoms with Gasteiger partial charge in [-0.2, -0.15) is 0 Å². The first kappa shape index (κ1) is 11.7. The lowest BCUT2D eigenvalue weighted by atomic mass is 10.00. The quantitative estimate of drug-likeness (QED) is 0.885. The van der Waals surface area contributed by atoms with Crippen LogP contribution in [-0.4, -0.2) is 10.5 Å². The summed E-state index contributed by atoms with van der Waals surface area (Å²) in [4.78, 5) is 4.41. The number of pyridine rings is 1. The Morgan fingerprint density at radius 3 is 2.78 bits per heavy atom. The van der Waals surface area contributed by atoms with Crippen molar-refractivity contribution in [1.29, 1.82) is 0 Å². The van der Waals surface area contributed by atoms with Gasteiger partial charge in [0.15, 0.2) is 0 Å². The summed E-state index contributed by atoms with van der Waals surface area (Å²) in [5, 5.41) is 5.01. The molecule has 18 heavy (non-hydrogen) atoms. The second kappa shape index (κ2) is 4.69. The average molecular weight is 240 g/mol. The SMILES string of the molecule is CC1(NCc2ccnc3ccccc23)CCCC1. The minimum absolute atomic E-state index is 0.338. The summed E-state index contributed by atoms with van der Waals surface area (Å²) in [6, 6.07) is 10.5. The van der Waals surface area contributed by atoms with Gasteiger partial charge >= 0.3 is 0 Å². The van der Waals surface area contributed by atoms with Crippen LogP contribution in [0.15, 0.2) is 36.5 Å². The maximum absolute atomic E-state index is 4.41. The number of nitrogens with zero attached hydrogens (tertiary/aromatic N) is 1. The van der Waals surface area contributed by atoms with Crippen LogP contribution in [0.2, 0.25) is 0 Å². The number of hydrogen-bond donors (Lipinski definition) is 1. The minimum Gasteiger partial charge on any atom is -0.307 e. The molecule has 1 fully saturated rings. The first-order valence-electron chi connectivity index (χ1n) is 6.85. The third-order valence-electron chi connectivity index (χ3n) is 4.15. The molecule has 0 radical (unpaired) electrons. The highest BCUT2D eigenvalue weighted by molar-refractivity contribution is 5.81. The lowest BCUT2D eigenvalue weighted by Crippen LogP contribution is -2.38. The molecule has 0 spiro atoms. The van der Waals surface area contributed by atoms with Gasteiger partial charge in [0.2, 0.25) is 0 Å². The number of nitrogens with one attached hydrogen (secondary N) is 1. The van der Waals surface area contributed by atoms with E-state index in [4.69, 9.17) is 0 Å². The van der Waals surface area contributed by atoms with Crippen molar-refractivity contribution in [3.63, 3.8) is 0 Å². The summed E-state index contributed by atoms with van der Waals surface area (Å²) in [5.41, 5.74) is 2.78. The zero-order chi connectivity index (χ0) is 12.4. The fourth-order valence-corrected chi connectivity index (χ4v) is 2.95. The molecular weight excluding hydrogens is 220 g/mol. The molecular formula is C16H20N2. The van der Waals surface area contributed by atoms with Crippen LogP contribution < -0.4 is 5.32 Å². The highest BCUT2D eigenvalue weighted by Gasteiger charge is 2.27. The van der Waals surface area contributed by atoms with Crippen molar-refractivity contribution >= 4 is 10.9 Å². The van der Waals surface area contributed by atoms with E-state index in [9.17, 15) is 0 Å². The molecule has 1 saturated carbocycles. The molecule has 0 saturated heterocycles. The Balaban J connectivity index is 1.82. The molecule has 0 amide bonds. The fraction of sp³-hybridized carbons (Fsp3) is 0.438. The van der Waals surface area contributed by atoms with Crippen molar-refractivity contribution in [2.75, 3.05) is 0 Å². The molecule has 3 rings (SSSR count). The molecule has 1 aromatic heterocycles. The smallest absolute Gasteiger partial charge is 0.0705 e. The number of para-hydroxylation sites is 1. The predicted octanol–water partition coefficient (Wildman–Crippen LogP) is 3.66. The van der Waals surface area contributed by atoms with Crippen LogP contribution in [0.4, 0.5) is 0 Å². The molecule has 0 unspecified atom stereocenters. The Bertz CT molecular complexity index is 536. The highest BCUT2D eigenvalue weighted by Crippen LogP contribution is 2.29. The maximum Gasteiger partial charge on any atom is 0.0705 e. The van der Waals surface area contributed by atoms with Crippen molar-refractivity contribution in [2.45, 2.75) is 44.7 Å². The zero-order valence-corrected chi connectivity index (χ0v) is 10.9. The first-order chi connectivity index (χ1) is 8.77. The lowest BCUT2D eigenvalue weighted by Gasteiger charge is -2.25. The van der Waals surface area contributed by atoms with Gasteiger partial charge < -0.3 is 5.32 Å². The van der Waals surface area contributed by atoms with E-state index in [0.717, 1.165) is 12.1 Å². The van der Waals surface area contributed by atoms with E-state index in [1.165, 1.54) is 36.6 Å². The van der Waals surface area contributed by atoms with Crippen LogP contribution in [0.5, 0.6) is 0 Å². The van der Waals surface area contributed by atoms with Crippen LogP contribution in [0.25, 0.3) is 10.9 Å². The van der Waals surface area contributed by atoms with Crippen molar-refractivity contribution in [3.8, 4) is 0 Å². The third-order valence-corrected chi connectivity index (χ3v) is 4.15. The molecule has 0 atom stereocenters. The highest BCUT2D eigenvalue weighted by atomic mass is 15.0.